The summed E-state index contributed by atoms with van der Waals surface area (Å²) in [6.45, 7) is 6.06. The number of carbonyl (C=O) groups excluding carboxylic acids is 1. The number of pyridine rings is 1. The summed E-state index contributed by atoms with van der Waals surface area (Å²) < 4.78 is 11.2. The molecule has 0 fully saturated rings. The Bertz CT molecular complexity index is 1120. The molecule has 0 aliphatic rings. The summed E-state index contributed by atoms with van der Waals surface area (Å²) in [5.74, 6) is 0.0648. The molecule has 5 nitrogen and oxygen atoms in total. The highest BCUT2D eigenvalue weighted by atomic mass is 16.5. The molecule has 0 saturated heterocycles. The number of ether oxygens (including phenoxy) is 1. The minimum absolute atomic E-state index is 0.237. The highest BCUT2D eigenvalue weighted by molar-refractivity contribution is 6.15. The molecule has 28 heavy (non-hydrogen) atoms. The predicted molar refractivity (Wildman–Crippen MR) is 110 cm³/mol. The van der Waals surface area contributed by atoms with E-state index in [1.807, 2.05) is 32.9 Å². The smallest absolute Gasteiger partial charge is 0.336 e. The lowest BCUT2D eigenvalue weighted by atomic mass is 10.0. The van der Waals surface area contributed by atoms with E-state index in [-0.39, 0.29) is 16.9 Å². The molecule has 0 N–H and O–H groups in total. The van der Waals surface area contributed by atoms with Crippen molar-refractivity contribution in [1.29, 1.82) is 0 Å². The molecular formula is C23H21NO4. The van der Waals surface area contributed by atoms with Crippen molar-refractivity contribution in [2.75, 3.05) is 6.61 Å². The highest BCUT2D eigenvalue weighted by Crippen LogP contribution is 2.30. The number of fused-ring (bicyclic) bond motifs is 1. The van der Waals surface area contributed by atoms with Gasteiger partial charge in [0.25, 0.3) is 0 Å². The van der Waals surface area contributed by atoms with E-state index in [1.54, 1.807) is 36.7 Å². The van der Waals surface area contributed by atoms with Crippen molar-refractivity contribution < 1.29 is 13.9 Å². The third-order valence-corrected chi connectivity index (χ3v) is 4.17. The van der Waals surface area contributed by atoms with Crippen LogP contribution >= 0.6 is 0 Å². The number of benzene rings is 1. The van der Waals surface area contributed by atoms with Gasteiger partial charge in [0.1, 0.15) is 17.9 Å². The molecule has 0 radical (unpaired) electrons. The molecule has 0 aliphatic heterocycles. The van der Waals surface area contributed by atoms with E-state index in [1.165, 1.54) is 12.1 Å². The largest absolute Gasteiger partial charge is 0.489 e. The number of hydrogen-bond donors (Lipinski definition) is 0. The maximum absolute atomic E-state index is 13.0. The maximum Gasteiger partial charge on any atom is 0.336 e. The van der Waals surface area contributed by atoms with E-state index in [0.29, 0.717) is 17.7 Å². The average molecular weight is 375 g/mol. The van der Waals surface area contributed by atoms with E-state index in [9.17, 15) is 9.59 Å². The molecule has 3 aromatic rings. The van der Waals surface area contributed by atoms with Crippen LogP contribution in [0.1, 0.15) is 35.3 Å². The second-order valence-electron chi connectivity index (χ2n) is 6.64. The Hall–Kier alpha value is -3.47. The van der Waals surface area contributed by atoms with Crippen LogP contribution in [0, 0.1) is 6.92 Å². The Kier molecular flexibility index (Phi) is 5.84. The molecule has 0 bridgehead atoms. The topological polar surface area (TPSA) is 69.4 Å². The molecule has 142 valence electrons. The maximum atomic E-state index is 13.0. The van der Waals surface area contributed by atoms with Gasteiger partial charge in [-0.15, -0.1) is 0 Å². The molecule has 0 amide bonds. The van der Waals surface area contributed by atoms with Crippen LogP contribution in [0.25, 0.3) is 17.0 Å². The second-order valence-corrected chi connectivity index (χ2v) is 6.64. The fraction of sp³-hybridized carbons (Fsp3) is 0.174. The lowest BCUT2D eigenvalue weighted by Crippen LogP contribution is -2.07. The zero-order valence-electron chi connectivity index (χ0n) is 16.1. The van der Waals surface area contributed by atoms with Crippen molar-refractivity contribution >= 4 is 22.8 Å². The molecule has 0 atom stereocenters. The van der Waals surface area contributed by atoms with E-state index >= 15 is 0 Å². The average Bonchev–Trinajstić information content (AvgIpc) is 2.66. The van der Waals surface area contributed by atoms with Crippen LogP contribution in [-0.4, -0.2) is 17.4 Å². The molecule has 1 aromatic carbocycles. The first kappa shape index (κ1) is 19.3. The number of hydrogen-bond acceptors (Lipinski definition) is 5. The molecule has 0 spiro atoms. The van der Waals surface area contributed by atoms with Gasteiger partial charge in [0, 0.05) is 23.8 Å². The monoisotopic (exact) mass is 375 g/mol. The van der Waals surface area contributed by atoms with Crippen molar-refractivity contribution in [3.63, 3.8) is 0 Å². The van der Waals surface area contributed by atoms with Crippen LogP contribution in [0.5, 0.6) is 5.75 Å². The van der Waals surface area contributed by atoms with Gasteiger partial charge in [-0.2, -0.15) is 0 Å². The molecule has 0 saturated carbocycles. The number of carbonyl (C=O) groups is 1. The van der Waals surface area contributed by atoms with Crippen LogP contribution in [0.4, 0.5) is 0 Å². The zero-order chi connectivity index (χ0) is 20.1. The Morgan fingerprint density at radius 3 is 2.79 bits per heavy atom. The van der Waals surface area contributed by atoms with Gasteiger partial charge in [-0.1, -0.05) is 11.6 Å². The Labute approximate surface area is 163 Å². The van der Waals surface area contributed by atoms with Crippen LogP contribution in [0.15, 0.2) is 69.7 Å². The van der Waals surface area contributed by atoms with Crippen LogP contribution in [0.2, 0.25) is 0 Å². The summed E-state index contributed by atoms with van der Waals surface area (Å²) in [5.41, 5.74) is 2.61. The van der Waals surface area contributed by atoms with Gasteiger partial charge in [-0.05, 0) is 68.3 Å². The Morgan fingerprint density at radius 2 is 2.07 bits per heavy atom. The van der Waals surface area contributed by atoms with E-state index in [2.05, 4.69) is 4.98 Å². The number of aryl methyl sites for hydroxylation is 1. The molecule has 2 heterocycles. The summed E-state index contributed by atoms with van der Waals surface area (Å²) in [6, 6.07) is 8.58. The van der Waals surface area contributed by atoms with Crippen LogP contribution in [0.3, 0.4) is 0 Å². The number of nitrogens with zero attached hydrogens (tertiary/aromatic N) is 1. The van der Waals surface area contributed by atoms with Crippen molar-refractivity contribution in [1.82, 2.24) is 4.98 Å². The van der Waals surface area contributed by atoms with E-state index in [0.717, 1.165) is 16.7 Å². The van der Waals surface area contributed by atoms with Gasteiger partial charge < -0.3 is 9.15 Å². The van der Waals surface area contributed by atoms with Gasteiger partial charge in [-0.3, -0.25) is 9.78 Å². The van der Waals surface area contributed by atoms with Crippen LogP contribution < -0.4 is 10.4 Å². The lowest BCUT2D eigenvalue weighted by molar-refractivity contribution is 0.104. The standard InChI is InChI=1S/C23H21NO4/c1-15(2)10-12-27-20-9-7-18-16(3)13-21(26)28-23(18)22(20)19(25)8-6-17-5-4-11-24-14-17/h4-11,13-14H,12H2,1-3H3. The number of ketones is 1. The summed E-state index contributed by atoms with van der Waals surface area (Å²) in [7, 11) is 0. The SMILES string of the molecule is CC(C)=CCOc1ccc2c(C)cc(=O)oc2c1C(=O)C=Cc1cccnc1. The summed E-state index contributed by atoms with van der Waals surface area (Å²) >= 11 is 0. The number of allylic oxidation sites excluding steroid dienone is 2. The summed E-state index contributed by atoms with van der Waals surface area (Å²) in [5, 5.41) is 0.701. The predicted octanol–water partition coefficient (Wildman–Crippen LogP) is 4.74. The first-order chi connectivity index (χ1) is 13.5. The molecule has 0 unspecified atom stereocenters. The minimum atomic E-state index is -0.503. The van der Waals surface area contributed by atoms with E-state index in [4.69, 9.17) is 9.15 Å². The number of aromatic nitrogens is 1. The van der Waals surface area contributed by atoms with Crippen molar-refractivity contribution in [3.05, 3.63) is 87.6 Å². The second kappa shape index (κ2) is 8.48. The third-order valence-electron chi connectivity index (χ3n) is 4.17. The quantitative estimate of drug-likeness (QED) is 0.269. The summed E-state index contributed by atoms with van der Waals surface area (Å²) in [4.78, 5) is 29.0. The van der Waals surface area contributed by atoms with E-state index < -0.39 is 5.63 Å². The first-order valence-corrected chi connectivity index (χ1v) is 8.92. The lowest BCUT2D eigenvalue weighted by Gasteiger charge is -2.11. The van der Waals surface area contributed by atoms with Crippen LogP contribution in [-0.2, 0) is 0 Å². The first-order valence-electron chi connectivity index (χ1n) is 8.92. The molecule has 5 heteroatoms. The minimum Gasteiger partial charge on any atom is -0.489 e. The third kappa shape index (κ3) is 4.43. The molecular weight excluding hydrogens is 354 g/mol. The van der Waals surface area contributed by atoms with Gasteiger partial charge in [-0.25, -0.2) is 4.79 Å². The van der Waals surface area contributed by atoms with Gasteiger partial charge in [0.2, 0.25) is 0 Å². The van der Waals surface area contributed by atoms with Gasteiger partial charge in [0.05, 0.1) is 0 Å². The van der Waals surface area contributed by atoms with Crippen molar-refractivity contribution in [3.8, 4) is 5.75 Å². The van der Waals surface area contributed by atoms with Gasteiger partial charge in [0.15, 0.2) is 11.4 Å². The van der Waals surface area contributed by atoms with Crippen molar-refractivity contribution in [2.45, 2.75) is 20.8 Å². The van der Waals surface area contributed by atoms with Gasteiger partial charge >= 0.3 is 5.63 Å². The fourth-order valence-electron chi connectivity index (χ4n) is 2.75. The zero-order valence-corrected chi connectivity index (χ0v) is 16.1. The highest BCUT2D eigenvalue weighted by Gasteiger charge is 2.18. The normalized spacial score (nSPS) is 11.0. The Balaban J connectivity index is 2.10. The van der Waals surface area contributed by atoms with Crippen molar-refractivity contribution in [2.24, 2.45) is 0 Å². The summed E-state index contributed by atoms with van der Waals surface area (Å²) in [6.07, 6.45) is 8.33. The Morgan fingerprint density at radius 1 is 1.25 bits per heavy atom. The number of rotatable bonds is 6. The molecule has 3 rings (SSSR count). The fourth-order valence-corrected chi connectivity index (χ4v) is 2.75. The molecule has 0 aliphatic carbocycles. The molecule has 2 aromatic heterocycles.